The van der Waals surface area contributed by atoms with E-state index in [0.717, 1.165) is 36.0 Å². The van der Waals surface area contributed by atoms with Gasteiger partial charge in [-0.1, -0.05) is 23.8 Å². The summed E-state index contributed by atoms with van der Waals surface area (Å²) < 4.78 is 34.2. The predicted molar refractivity (Wildman–Crippen MR) is 117 cm³/mol. The van der Waals surface area contributed by atoms with E-state index < -0.39 is 16.1 Å². The van der Waals surface area contributed by atoms with E-state index in [-0.39, 0.29) is 16.4 Å². The number of rotatable bonds is 6. The van der Waals surface area contributed by atoms with Crippen molar-refractivity contribution in [1.29, 1.82) is 0 Å². The van der Waals surface area contributed by atoms with Gasteiger partial charge < -0.3 is 9.64 Å². The maximum atomic E-state index is 13.1. The van der Waals surface area contributed by atoms with Gasteiger partial charge in [-0.3, -0.25) is 4.79 Å². The molecule has 0 radical (unpaired) electrons. The van der Waals surface area contributed by atoms with Crippen molar-refractivity contribution in [2.45, 2.75) is 51.0 Å². The van der Waals surface area contributed by atoms with Crippen LogP contribution in [0.3, 0.4) is 0 Å². The normalized spacial score (nSPS) is 15.7. The second kappa shape index (κ2) is 9.18. The maximum Gasteiger partial charge on any atom is 0.257 e. The molecule has 7 heteroatoms. The summed E-state index contributed by atoms with van der Waals surface area (Å²) in [6.07, 6.45) is 3.03. The van der Waals surface area contributed by atoms with Crippen LogP contribution in [0.25, 0.3) is 0 Å². The Hall–Kier alpha value is -2.38. The summed E-state index contributed by atoms with van der Waals surface area (Å²) in [5, 5.41) is 0. The Kier molecular flexibility index (Phi) is 6.83. The predicted octanol–water partition coefficient (Wildman–Crippen LogP) is 3.98. The molecule has 1 aliphatic heterocycles. The van der Waals surface area contributed by atoms with Crippen LogP contribution in [-0.4, -0.2) is 39.4 Å². The van der Waals surface area contributed by atoms with Crippen LogP contribution in [0.4, 0.5) is 0 Å². The molecule has 1 fully saturated rings. The second-order valence-corrected chi connectivity index (χ2v) is 9.63. The lowest BCUT2D eigenvalue weighted by Gasteiger charge is -2.27. The smallest absolute Gasteiger partial charge is 0.257 e. The molecule has 0 unspecified atom stereocenters. The standard InChI is InChI=1S/C23H30N2O4S/c1-16-8-10-20(17(2)14-16)18(3)24-30(27,28)19-9-11-22(29-4)21(15-19)23(26)25-12-6-5-7-13-25/h8-11,14-15,18,24H,5-7,12-13H2,1-4H3/t18-/m0/s1. The van der Waals surface area contributed by atoms with Crippen molar-refractivity contribution in [3.05, 3.63) is 58.7 Å². The fourth-order valence-corrected chi connectivity index (χ4v) is 5.21. The fourth-order valence-electron chi connectivity index (χ4n) is 3.96. The molecule has 6 nitrogen and oxygen atoms in total. The largest absolute Gasteiger partial charge is 0.496 e. The van der Waals surface area contributed by atoms with Gasteiger partial charge in [-0.25, -0.2) is 13.1 Å². The Bertz CT molecular complexity index is 1030. The zero-order valence-electron chi connectivity index (χ0n) is 18.1. The van der Waals surface area contributed by atoms with Crippen molar-refractivity contribution >= 4 is 15.9 Å². The number of hydrogen-bond donors (Lipinski definition) is 1. The minimum Gasteiger partial charge on any atom is -0.496 e. The summed E-state index contributed by atoms with van der Waals surface area (Å²) >= 11 is 0. The topological polar surface area (TPSA) is 75.7 Å². The molecule has 0 spiro atoms. The van der Waals surface area contributed by atoms with Crippen LogP contribution in [0.1, 0.15) is 59.3 Å². The summed E-state index contributed by atoms with van der Waals surface area (Å²) in [5.41, 5.74) is 3.35. The van der Waals surface area contributed by atoms with Crippen LogP contribution in [0.15, 0.2) is 41.3 Å². The van der Waals surface area contributed by atoms with Crippen molar-refractivity contribution in [1.82, 2.24) is 9.62 Å². The van der Waals surface area contributed by atoms with Gasteiger partial charge in [0.2, 0.25) is 10.0 Å². The molecule has 162 valence electrons. The van der Waals surface area contributed by atoms with Gasteiger partial charge in [-0.15, -0.1) is 0 Å². The molecule has 30 heavy (non-hydrogen) atoms. The minimum atomic E-state index is -3.82. The Morgan fingerprint density at radius 2 is 1.77 bits per heavy atom. The van der Waals surface area contributed by atoms with E-state index in [1.165, 1.54) is 19.2 Å². The summed E-state index contributed by atoms with van der Waals surface area (Å²) in [5.74, 6) is 0.193. The van der Waals surface area contributed by atoms with Crippen molar-refractivity contribution in [2.24, 2.45) is 0 Å². The van der Waals surface area contributed by atoms with E-state index >= 15 is 0 Å². The molecule has 0 aliphatic carbocycles. The lowest BCUT2D eigenvalue weighted by atomic mass is 10.0. The molecule has 2 aromatic carbocycles. The lowest BCUT2D eigenvalue weighted by molar-refractivity contribution is 0.0720. The number of benzene rings is 2. The number of carbonyl (C=O) groups is 1. The third-order valence-electron chi connectivity index (χ3n) is 5.58. The molecule has 1 aliphatic rings. The van der Waals surface area contributed by atoms with Crippen LogP contribution < -0.4 is 9.46 Å². The molecule has 3 rings (SSSR count). The first-order valence-corrected chi connectivity index (χ1v) is 11.8. The minimum absolute atomic E-state index is 0.0558. The molecular formula is C23H30N2O4S. The van der Waals surface area contributed by atoms with Gasteiger partial charge in [-0.05, 0) is 69.4 Å². The zero-order chi connectivity index (χ0) is 21.9. The number of carbonyl (C=O) groups excluding carboxylic acids is 1. The van der Waals surface area contributed by atoms with E-state index in [9.17, 15) is 13.2 Å². The van der Waals surface area contributed by atoms with Gasteiger partial charge in [0.1, 0.15) is 5.75 Å². The van der Waals surface area contributed by atoms with Crippen molar-refractivity contribution < 1.29 is 17.9 Å². The summed E-state index contributed by atoms with van der Waals surface area (Å²) in [7, 11) is -2.34. The number of nitrogens with zero attached hydrogens (tertiary/aromatic N) is 1. The number of sulfonamides is 1. The average molecular weight is 431 g/mol. The van der Waals surface area contributed by atoms with Crippen molar-refractivity contribution in [3.63, 3.8) is 0 Å². The number of amides is 1. The van der Waals surface area contributed by atoms with Gasteiger partial charge in [0.25, 0.3) is 5.91 Å². The lowest BCUT2D eigenvalue weighted by Crippen LogP contribution is -2.36. The quantitative estimate of drug-likeness (QED) is 0.752. The van der Waals surface area contributed by atoms with Gasteiger partial charge in [0.05, 0.1) is 17.6 Å². The summed E-state index contributed by atoms with van der Waals surface area (Å²) in [6, 6.07) is 9.98. The molecule has 0 saturated carbocycles. The number of likely N-dealkylation sites (tertiary alicyclic amines) is 1. The van der Waals surface area contributed by atoms with Crippen LogP contribution in [0, 0.1) is 13.8 Å². The Labute approximate surface area is 179 Å². The molecule has 1 N–H and O–H groups in total. The van der Waals surface area contributed by atoms with Crippen LogP contribution in [-0.2, 0) is 10.0 Å². The third kappa shape index (κ3) is 4.84. The second-order valence-electron chi connectivity index (χ2n) is 7.92. The van der Waals surface area contributed by atoms with Crippen LogP contribution in [0.2, 0.25) is 0 Å². The molecule has 0 bridgehead atoms. The first-order chi connectivity index (χ1) is 14.2. The van der Waals surface area contributed by atoms with Crippen LogP contribution >= 0.6 is 0 Å². The van der Waals surface area contributed by atoms with Gasteiger partial charge in [0, 0.05) is 19.1 Å². The van der Waals surface area contributed by atoms with Gasteiger partial charge >= 0.3 is 0 Å². The Morgan fingerprint density at radius 3 is 2.40 bits per heavy atom. The van der Waals surface area contributed by atoms with Gasteiger partial charge in [0.15, 0.2) is 0 Å². The highest BCUT2D eigenvalue weighted by molar-refractivity contribution is 7.89. The molecule has 1 amide bonds. The number of aryl methyl sites for hydroxylation is 2. The molecule has 2 aromatic rings. The Morgan fingerprint density at radius 1 is 1.07 bits per heavy atom. The van der Waals surface area contributed by atoms with E-state index in [1.54, 1.807) is 11.0 Å². The molecule has 1 atom stereocenters. The monoisotopic (exact) mass is 430 g/mol. The summed E-state index contributed by atoms with van der Waals surface area (Å²) in [6.45, 7) is 7.15. The highest BCUT2D eigenvalue weighted by Crippen LogP contribution is 2.27. The molecule has 0 aromatic heterocycles. The number of hydrogen-bond acceptors (Lipinski definition) is 4. The highest BCUT2D eigenvalue weighted by atomic mass is 32.2. The van der Waals surface area contributed by atoms with E-state index in [4.69, 9.17) is 4.74 Å². The molecule has 1 heterocycles. The van der Waals surface area contributed by atoms with Crippen LogP contribution in [0.5, 0.6) is 5.75 Å². The zero-order valence-corrected chi connectivity index (χ0v) is 18.9. The molecular weight excluding hydrogens is 400 g/mol. The first-order valence-electron chi connectivity index (χ1n) is 10.3. The van der Waals surface area contributed by atoms with Crippen molar-refractivity contribution in [2.75, 3.05) is 20.2 Å². The fraction of sp³-hybridized carbons (Fsp3) is 0.435. The molecule has 1 saturated heterocycles. The van der Waals surface area contributed by atoms with Gasteiger partial charge in [-0.2, -0.15) is 0 Å². The summed E-state index contributed by atoms with van der Waals surface area (Å²) in [4.78, 5) is 14.8. The number of nitrogens with one attached hydrogen (secondary N) is 1. The van der Waals surface area contributed by atoms with E-state index in [1.807, 2.05) is 39.0 Å². The van der Waals surface area contributed by atoms with Crippen molar-refractivity contribution in [3.8, 4) is 5.75 Å². The SMILES string of the molecule is COc1ccc(S(=O)(=O)N[C@@H](C)c2ccc(C)cc2C)cc1C(=O)N1CCCCC1. The number of methoxy groups -OCH3 is 1. The number of piperidine rings is 1. The number of ether oxygens (including phenoxy) is 1. The average Bonchev–Trinajstić information content (AvgIpc) is 2.72. The Balaban J connectivity index is 1.89. The highest BCUT2D eigenvalue weighted by Gasteiger charge is 2.25. The first kappa shape index (κ1) is 22.3. The third-order valence-corrected chi connectivity index (χ3v) is 7.12. The van der Waals surface area contributed by atoms with E-state index in [2.05, 4.69) is 4.72 Å². The maximum absolute atomic E-state index is 13.1. The van der Waals surface area contributed by atoms with E-state index in [0.29, 0.717) is 18.8 Å².